The number of carbonyl (C=O) groups excluding carboxylic acids is 1. The molecule has 1 fully saturated rings. The number of thioether (sulfide) groups is 1. The van der Waals surface area contributed by atoms with Gasteiger partial charge < -0.3 is 4.90 Å². The van der Waals surface area contributed by atoms with Crippen molar-refractivity contribution in [3.8, 4) is 0 Å². The van der Waals surface area contributed by atoms with Crippen LogP contribution in [0.1, 0.15) is 28.6 Å². The molecule has 4 heterocycles. The first kappa shape index (κ1) is 19.7. The lowest BCUT2D eigenvalue weighted by molar-refractivity contribution is -0.129. The summed E-state index contributed by atoms with van der Waals surface area (Å²) in [6.07, 6.45) is 1.93. The summed E-state index contributed by atoms with van der Waals surface area (Å²) in [4.78, 5) is 20.7. The van der Waals surface area contributed by atoms with Crippen LogP contribution in [0.4, 0.5) is 0 Å². The Kier molecular flexibility index (Phi) is 5.78. The number of tetrazole rings is 1. The Morgan fingerprint density at radius 3 is 2.83 bits per heavy atom. The van der Waals surface area contributed by atoms with Gasteiger partial charge >= 0.3 is 0 Å². The van der Waals surface area contributed by atoms with Crippen LogP contribution in [-0.2, 0) is 11.3 Å². The summed E-state index contributed by atoms with van der Waals surface area (Å²) in [5.74, 6) is 0.946. The molecule has 1 saturated heterocycles. The van der Waals surface area contributed by atoms with Crippen molar-refractivity contribution < 1.29 is 4.79 Å². The molecule has 0 N–H and O–H groups in total. The minimum atomic E-state index is 0.147. The molecule has 10 heteroatoms. The topological polar surface area (TPSA) is 76.8 Å². The molecule has 7 nitrogen and oxygen atoms in total. The highest BCUT2D eigenvalue weighted by atomic mass is 32.2. The number of thiophene rings is 1. The van der Waals surface area contributed by atoms with Crippen LogP contribution < -0.4 is 0 Å². The van der Waals surface area contributed by atoms with Crippen LogP contribution in [0.2, 0.25) is 0 Å². The monoisotopic (exact) mass is 456 g/mol. The van der Waals surface area contributed by atoms with Gasteiger partial charge in [0.05, 0.1) is 27.5 Å². The Labute approximate surface area is 186 Å². The molecule has 30 heavy (non-hydrogen) atoms. The number of aromatic nitrogens is 5. The highest BCUT2D eigenvalue weighted by molar-refractivity contribution is 7.99. The van der Waals surface area contributed by atoms with E-state index in [0.29, 0.717) is 23.4 Å². The molecule has 1 aliphatic heterocycles. The number of thiazole rings is 1. The SMILES string of the molecule is O=C(CSc1nnnn1Cc1cccs1)N1CCC(c2nc3ccccc3s2)CC1. The molecular weight excluding hydrogens is 436 g/mol. The maximum Gasteiger partial charge on any atom is 0.233 e. The van der Waals surface area contributed by atoms with Crippen LogP contribution in [0.25, 0.3) is 10.2 Å². The Bertz CT molecular complexity index is 1100. The first-order valence-electron chi connectivity index (χ1n) is 9.81. The molecule has 3 aromatic heterocycles. The zero-order valence-corrected chi connectivity index (χ0v) is 18.6. The van der Waals surface area contributed by atoms with Crippen molar-refractivity contribution in [2.24, 2.45) is 0 Å². The molecule has 0 radical (unpaired) electrons. The molecule has 154 valence electrons. The maximum atomic E-state index is 12.7. The smallest absolute Gasteiger partial charge is 0.233 e. The number of amides is 1. The van der Waals surface area contributed by atoms with E-state index in [9.17, 15) is 4.79 Å². The first-order valence-corrected chi connectivity index (χ1v) is 12.5. The second kappa shape index (κ2) is 8.83. The van der Waals surface area contributed by atoms with Crippen LogP contribution >= 0.6 is 34.4 Å². The predicted molar refractivity (Wildman–Crippen MR) is 120 cm³/mol. The van der Waals surface area contributed by atoms with Gasteiger partial charge in [0.15, 0.2) is 0 Å². The lowest BCUT2D eigenvalue weighted by Crippen LogP contribution is -2.39. The average Bonchev–Trinajstić information content (AvgIpc) is 3.53. The van der Waals surface area contributed by atoms with Gasteiger partial charge in [-0.2, -0.15) is 0 Å². The number of fused-ring (bicyclic) bond motifs is 1. The largest absolute Gasteiger partial charge is 0.342 e. The van der Waals surface area contributed by atoms with Crippen molar-refractivity contribution in [2.75, 3.05) is 18.8 Å². The molecule has 0 unspecified atom stereocenters. The third kappa shape index (κ3) is 4.26. The van der Waals surface area contributed by atoms with Gasteiger partial charge in [0.2, 0.25) is 11.1 Å². The van der Waals surface area contributed by atoms with E-state index in [0.717, 1.165) is 31.4 Å². The first-order chi connectivity index (χ1) is 14.8. The number of benzene rings is 1. The van der Waals surface area contributed by atoms with Crippen LogP contribution in [0, 0.1) is 0 Å². The van der Waals surface area contributed by atoms with E-state index < -0.39 is 0 Å². The number of hydrogen-bond donors (Lipinski definition) is 0. The van der Waals surface area contributed by atoms with Gasteiger partial charge in [0.25, 0.3) is 0 Å². The number of para-hydroxylation sites is 1. The number of carbonyl (C=O) groups is 1. The minimum absolute atomic E-state index is 0.147. The quantitative estimate of drug-likeness (QED) is 0.410. The summed E-state index contributed by atoms with van der Waals surface area (Å²) in [7, 11) is 0. The molecule has 0 spiro atoms. The van der Waals surface area contributed by atoms with E-state index in [1.807, 2.05) is 22.4 Å². The van der Waals surface area contributed by atoms with Crippen molar-refractivity contribution in [1.29, 1.82) is 0 Å². The van der Waals surface area contributed by atoms with Gasteiger partial charge in [0.1, 0.15) is 0 Å². The summed E-state index contributed by atoms with van der Waals surface area (Å²) in [5.41, 5.74) is 1.08. The number of likely N-dealkylation sites (tertiary alicyclic amines) is 1. The lowest BCUT2D eigenvalue weighted by atomic mass is 9.97. The minimum Gasteiger partial charge on any atom is -0.342 e. The lowest BCUT2D eigenvalue weighted by Gasteiger charge is -2.31. The average molecular weight is 457 g/mol. The van der Waals surface area contributed by atoms with Gasteiger partial charge in [-0.25, -0.2) is 9.67 Å². The van der Waals surface area contributed by atoms with Crippen LogP contribution in [0.5, 0.6) is 0 Å². The normalized spacial score (nSPS) is 15.1. The second-order valence-corrected chi connectivity index (χ2v) is 10.2. The molecule has 0 saturated carbocycles. The molecule has 0 atom stereocenters. The zero-order chi connectivity index (χ0) is 20.3. The van der Waals surface area contributed by atoms with E-state index in [4.69, 9.17) is 4.98 Å². The molecule has 1 aliphatic rings. The highest BCUT2D eigenvalue weighted by Crippen LogP contribution is 2.34. The second-order valence-electron chi connectivity index (χ2n) is 7.16. The van der Waals surface area contributed by atoms with E-state index in [2.05, 4.69) is 39.8 Å². The fourth-order valence-electron chi connectivity index (χ4n) is 3.61. The summed E-state index contributed by atoms with van der Waals surface area (Å²) >= 11 is 4.86. The summed E-state index contributed by atoms with van der Waals surface area (Å²) in [6.45, 7) is 2.19. The Balaban J connectivity index is 1.14. The van der Waals surface area contributed by atoms with Gasteiger partial charge in [-0.05, 0) is 46.8 Å². The van der Waals surface area contributed by atoms with Gasteiger partial charge in [-0.3, -0.25) is 4.79 Å². The Morgan fingerprint density at radius 2 is 2.03 bits per heavy atom. The zero-order valence-electron chi connectivity index (χ0n) is 16.2. The molecule has 4 aromatic rings. The molecule has 5 rings (SSSR count). The van der Waals surface area contributed by atoms with Crippen molar-refractivity contribution in [3.63, 3.8) is 0 Å². The number of nitrogens with zero attached hydrogens (tertiary/aromatic N) is 6. The van der Waals surface area contributed by atoms with Gasteiger partial charge in [-0.15, -0.1) is 27.8 Å². The highest BCUT2D eigenvalue weighted by Gasteiger charge is 2.26. The van der Waals surface area contributed by atoms with Crippen molar-refractivity contribution in [3.05, 3.63) is 51.7 Å². The molecule has 0 aliphatic carbocycles. The molecular formula is C20H20N6OS3. The van der Waals surface area contributed by atoms with Crippen molar-refractivity contribution >= 4 is 50.6 Å². The van der Waals surface area contributed by atoms with E-state index in [1.165, 1.54) is 26.3 Å². The molecule has 0 bridgehead atoms. The van der Waals surface area contributed by atoms with Crippen LogP contribution in [0.3, 0.4) is 0 Å². The number of piperidine rings is 1. The van der Waals surface area contributed by atoms with E-state index in [1.54, 1.807) is 27.4 Å². The predicted octanol–water partition coefficient (Wildman–Crippen LogP) is 3.89. The van der Waals surface area contributed by atoms with Crippen molar-refractivity contribution in [1.82, 2.24) is 30.1 Å². The Morgan fingerprint density at radius 1 is 1.17 bits per heavy atom. The van der Waals surface area contributed by atoms with Crippen LogP contribution in [-0.4, -0.2) is 54.8 Å². The summed E-state index contributed by atoms with van der Waals surface area (Å²) < 4.78 is 2.99. The number of hydrogen-bond acceptors (Lipinski definition) is 8. The maximum absolute atomic E-state index is 12.7. The third-order valence-corrected chi connectivity index (χ3v) is 8.22. The van der Waals surface area contributed by atoms with Gasteiger partial charge in [0, 0.05) is 23.9 Å². The Hall–Kier alpha value is -2.30. The van der Waals surface area contributed by atoms with E-state index >= 15 is 0 Å². The summed E-state index contributed by atoms with van der Waals surface area (Å²) in [5, 5.41) is 15.8. The summed E-state index contributed by atoms with van der Waals surface area (Å²) in [6, 6.07) is 12.3. The number of rotatable bonds is 6. The van der Waals surface area contributed by atoms with E-state index in [-0.39, 0.29) is 5.91 Å². The standard InChI is InChI=1S/C20H20N6OS3/c27-18(13-29-20-22-23-24-26(20)12-15-4-3-11-28-15)25-9-7-14(8-10-25)19-21-16-5-1-2-6-17(16)30-19/h1-6,11,14H,7-10,12-13H2. The van der Waals surface area contributed by atoms with Crippen LogP contribution in [0.15, 0.2) is 46.9 Å². The molecule has 1 amide bonds. The molecule has 1 aromatic carbocycles. The fraction of sp³-hybridized carbons (Fsp3) is 0.350. The fourth-order valence-corrected chi connectivity index (χ4v) is 6.21. The van der Waals surface area contributed by atoms with Gasteiger partial charge in [-0.1, -0.05) is 30.0 Å². The third-order valence-electron chi connectivity index (χ3n) is 5.22. The van der Waals surface area contributed by atoms with Crippen molar-refractivity contribution in [2.45, 2.75) is 30.5 Å².